The van der Waals surface area contributed by atoms with Gasteiger partial charge in [-0.1, -0.05) is 6.92 Å². The maximum absolute atomic E-state index is 11.8. The van der Waals surface area contributed by atoms with E-state index in [1.54, 1.807) is 6.92 Å². The Morgan fingerprint density at radius 2 is 2.18 bits per heavy atom. The topological polar surface area (TPSA) is 101 Å². The number of nitrogens with two attached hydrogens (primary N) is 1. The Morgan fingerprint density at radius 3 is 2.82 bits per heavy atom. The first kappa shape index (κ1) is 11.9. The maximum atomic E-state index is 11.8. The van der Waals surface area contributed by atoms with E-state index in [1.807, 2.05) is 0 Å². The zero-order chi connectivity index (χ0) is 12.6. The molecule has 7 heteroatoms. The normalized spacial score (nSPS) is 14.5. The summed E-state index contributed by atoms with van der Waals surface area (Å²) in [5, 5.41) is 2.60. The highest BCUT2D eigenvalue weighted by molar-refractivity contribution is 7.89. The van der Waals surface area contributed by atoms with E-state index in [-0.39, 0.29) is 22.9 Å². The van der Waals surface area contributed by atoms with Gasteiger partial charge in [-0.3, -0.25) is 4.79 Å². The number of rotatable bonds is 3. The molecule has 0 spiro atoms. The lowest BCUT2D eigenvalue weighted by molar-refractivity contribution is -0.115. The van der Waals surface area contributed by atoms with Gasteiger partial charge in [0.25, 0.3) is 0 Å². The Labute approximate surface area is 99.2 Å². The minimum Gasteiger partial charge on any atom is -0.397 e. The number of benzene rings is 1. The number of fused-ring (bicyclic) bond motifs is 1. The fourth-order valence-electron chi connectivity index (χ4n) is 1.77. The molecule has 0 bridgehead atoms. The van der Waals surface area contributed by atoms with E-state index in [0.717, 1.165) is 0 Å². The van der Waals surface area contributed by atoms with Crippen LogP contribution in [0.5, 0.6) is 0 Å². The van der Waals surface area contributed by atoms with Gasteiger partial charge in [-0.25, -0.2) is 13.1 Å². The third-order valence-corrected chi connectivity index (χ3v) is 4.01. The van der Waals surface area contributed by atoms with Gasteiger partial charge in [0.15, 0.2) is 0 Å². The highest BCUT2D eigenvalue weighted by atomic mass is 32.2. The van der Waals surface area contributed by atoms with Crippen molar-refractivity contribution in [3.05, 3.63) is 17.7 Å². The van der Waals surface area contributed by atoms with Crippen molar-refractivity contribution in [1.82, 2.24) is 4.72 Å². The Hall–Kier alpha value is -1.60. The molecule has 6 nitrogen and oxygen atoms in total. The summed E-state index contributed by atoms with van der Waals surface area (Å²) in [4.78, 5) is 11.3. The molecule has 92 valence electrons. The van der Waals surface area contributed by atoms with Gasteiger partial charge in [0.1, 0.15) is 0 Å². The monoisotopic (exact) mass is 255 g/mol. The average molecular weight is 255 g/mol. The van der Waals surface area contributed by atoms with Crippen LogP contribution in [0.15, 0.2) is 17.0 Å². The summed E-state index contributed by atoms with van der Waals surface area (Å²) in [5.41, 5.74) is 7.13. The fraction of sp³-hybridized carbons (Fsp3) is 0.300. The zero-order valence-electron chi connectivity index (χ0n) is 9.28. The highest BCUT2D eigenvalue weighted by Gasteiger charge is 2.24. The summed E-state index contributed by atoms with van der Waals surface area (Å²) in [6, 6.07) is 2.82. The molecule has 0 aliphatic carbocycles. The predicted molar refractivity (Wildman–Crippen MR) is 64.1 cm³/mol. The lowest BCUT2D eigenvalue weighted by Crippen LogP contribution is -2.23. The predicted octanol–water partition coefficient (Wildman–Crippen LogP) is 0.0616. The molecule has 0 unspecified atom stereocenters. The number of amides is 1. The van der Waals surface area contributed by atoms with Gasteiger partial charge in [0.2, 0.25) is 15.9 Å². The second-order valence-electron chi connectivity index (χ2n) is 3.77. The molecule has 2 rings (SSSR count). The fourth-order valence-corrected chi connectivity index (χ4v) is 2.90. The molecule has 1 aromatic rings. The van der Waals surface area contributed by atoms with Crippen LogP contribution in [0.4, 0.5) is 11.4 Å². The molecule has 0 saturated carbocycles. The molecule has 0 aromatic heterocycles. The molecule has 0 radical (unpaired) electrons. The van der Waals surface area contributed by atoms with E-state index >= 15 is 0 Å². The van der Waals surface area contributed by atoms with Crippen molar-refractivity contribution in [3.63, 3.8) is 0 Å². The van der Waals surface area contributed by atoms with Crippen molar-refractivity contribution in [2.75, 3.05) is 17.6 Å². The van der Waals surface area contributed by atoms with Gasteiger partial charge in [-0.2, -0.15) is 0 Å². The molecule has 1 aliphatic rings. The van der Waals surface area contributed by atoms with Crippen molar-refractivity contribution < 1.29 is 13.2 Å². The number of hydrogen-bond acceptors (Lipinski definition) is 4. The van der Waals surface area contributed by atoms with Crippen molar-refractivity contribution in [3.8, 4) is 0 Å². The molecule has 1 aromatic carbocycles. The quantitative estimate of drug-likeness (QED) is 0.665. The molecular weight excluding hydrogens is 242 g/mol. The Kier molecular flexibility index (Phi) is 2.80. The minimum atomic E-state index is -3.54. The van der Waals surface area contributed by atoms with E-state index < -0.39 is 10.0 Å². The van der Waals surface area contributed by atoms with E-state index in [1.165, 1.54) is 12.1 Å². The van der Waals surface area contributed by atoms with Crippen molar-refractivity contribution >= 4 is 27.3 Å². The number of sulfonamides is 1. The Balaban J connectivity index is 2.50. The van der Waals surface area contributed by atoms with Crippen LogP contribution in [0.3, 0.4) is 0 Å². The van der Waals surface area contributed by atoms with Gasteiger partial charge in [-0.15, -0.1) is 0 Å². The molecule has 1 aliphatic heterocycles. The second kappa shape index (κ2) is 4.01. The molecule has 17 heavy (non-hydrogen) atoms. The van der Waals surface area contributed by atoms with Crippen LogP contribution in [0.25, 0.3) is 0 Å². The van der Waals surface area contributed by atoms with Gasteiger partial charge in [-0.05, 0) is 17.7 Å². The molecular formula is C10H13N3O3S. The van der Waals surface area contributed by atoms with Crippen molar-refractivity contribution in [2.24, 2.45) is 0 Å². The van der Waals surface area contributed by atoms with Crippen molar-refractivity contribution in [1.29, 1.82) is 0 Å². The molecule has 0 saturated heterocycles. The summed E-state index contributed by atoms with van der Waals surface area (Å²) < 4.78 is 26.0. The van der Waals surface area contributed by atoms with Gasteiger partial charge >= 0.3 is 0 Å². The van der Waals surface area contributed by atoms with E-state index in [9.17, 15) is 13.2 Å². The summed E-state index contributed by atoms with van der Waals surface area (Å²) in [5.74, 6) is -0.176. The number of carbonyl (C=O) groups excluding carboxylic acids is 1. The lowest BCUT2D eigenvalue weighted by Gasteiger charge is -2.08. The largest absolute Gasteiger partial charge is 0.397 e. The van der Waals surface area contributed by atoms with Crippen LogP contribution in [-0.2, 0) is 21.2 Å². The third kappa shape index (κ3) is 2.11. The number of nitrogens with one attached hydrogen (secondary N) is 2. The Bertz CT molecular complexity index is 581. The standard InChI is InChI=1S/C10H13N3O3S/c1-2-12-17(15,16)7-3-6-4-9(14)13-10(6)8(11)5-7/h3,5,12H,2,4,11H2,1H3,(H,13,14). The Morgan fingerprint density at radius 1 is 1.47 bits per heavy atom. The summed E-state index contributed by atoms with van der Waals surface area (Å²) in [6.45, 7) is 2.00. The van der Waals surface area contributed by atoms with Crippen LogP contribution in [0.2, 0.25) is 0 Å². The van der Waals surface area contributed by atoms with Gasteiger partial charge in [0, 0.05) is 6.54 Å². The molecule has 1 amide bonds. The van der Waals surface area contributed by atoms with Crippen LogP contribution in [0.1, 0.15) is 12.5 Å². The summed E-state index contributed by atoms with van der Waals surface area (Å²) in [6.07, 6.45) is 0.162. The first-order valence-electron chi connectivity index (χ1n) is 5.16. The number of nitrogen functional groups attached to an aromatic ring is 1. The van der Waals surface area contributed by atoms with Crippen LogP contribution in [-0.4, -0.2) is 20.9 Å². The zero-order valence-corrected chi connectivity index (χ0v) is 10.1. The average Bonchev–Trinajstić information content (AvgIpc) is 2.59. The van der Waals surface area contributed by atoms with E-state index in [2.05, 4.69) is 10.0 Å². The first-order valence-corrected chi connectivity index (χ1v) is 6.64. The van der Waals surface area contributed by atoms with E-state index in [0.29, 0.717) is 17.8 Å². The number of carbonyl (C=O) groups is 1. The van der Waals surface area contributed by atoms with Crippen LogP contribution in [0, 0.1) is 0 Å². The third-order valence-electron chi connectivity index (χ3n) is 2.48. The molecule has 4 N–H and O–H groups in total. The van der Waals surface area contributed by atoms with Crippen molar-refractivity contribution in [2.45, 2.75) is 18.2 Å². The van der Waals surface area contributed by atoms with Gasteiger partial charge in [0.05, 0.1) is 22.7 Å². The van der Waals surface area contributed by atoms with Crippen LogP contribution < -0.4 is 15.8 Å². The highest BCUT2D eigenvalue weighted by Crippen LogP contribution is 2.32. The number of anilines is 2. The number of hydrogen-bond donors (Lipinski definition) is 3. The first-order chi connectivity index (χ1) is 7.94. The second-order valence-corrected chi connectivity index (χ2v) is 5.54. The van der Waals surface area contributed by atoms with Crippen LogP contribution >= 0.6 is 0 Å². The molecule has 1 heterocycles. The molecule has 0 fully saturated rings. The summed E-state index contributed by atoms with van der Waals surface area (Å²) >= 11 is 0. The summed E-state index contributed by atoms with van der Waals surface area (Å²) in [7, 11) is -3.54. The maximum Gasteiger partial charge on any atom is 0.240 e. The van der Waals surface area contributed by atoms with E-state index in [4.69, 9.17) is 5.73 Å². The van der Waals surface area contributed by atoms with Gasteiger partial charge < -0.3 is 11.1 Å². The SMILES string of the molecule is CCNS(=O)(=O)c1cc(N)c2c(c1)CC(=O)N2. The smallest absolute Gasteiger partial charge is 0.240 e. The minimum absolute atomic E-state index is 0.0899. The lowest BCUT2D eigenvalue weighted by atomic mass is 10.1. The molecule has 0 atom stereocenters.